The summed E-state index contributed by atoms with van der Waals surface area (Å²) in [5.41, 5.74) is 7.09. The van der Waals surface area contributed by atoms with Crippen LogP contribution >= 0.6 is 0 Å². The van der Waals surface area contributed by atoms with Gasteiger partial charge in [-0.2, -0.15) is 0 Å². The molecule has 0 aliphatic heterocycles. The Morgan fingerprint density at radius 2 is 1.45 bits per heavy atom. The summed E-state index contributed by atoms with van der Waals surface area (Å²) < 4.78 is 0. The van der Waals surface area contributed by atoms with E-state index in [0.29, 0.717) is 5.76 Å². The third-order valence-electron chi connectivity index (χ3n) is 4.66. The molecule has 0 unspecified atom stereocenters. The number of aliphatic hydroxyl groups excluding tert-OH is 1. The molecule has 2 aromatic rings. The standard InChI is InChI=1S/C10H14.C9H14O.C9H12.C2H2/c1-3-9-7-5-6-8-10(9)4-2;1-3-5-6-7-8-9(10)4-2;1-7-4-5-8(2)9(3)6-7;1-2/h5-8H,3-4H2,1-2H3;3-4,7-8,10H,1,5-6H2,2H3;4-6H,1-3H3;1-2H/b;8-7-,9-4+;;. The molecule has 2 aromatic carbocycles. The van der Waals surface area contributed by atoms with Crippen molar-refractivity contribution in [1.82, 2.24) is 0 Å². The number of hydrogen-bond acceptors (Lipinski definition) is 1. The fraction of sp³-hybridized carbons (Fsp3) is 0.333. The van der Waals surface area contributed by atoms with Crippen molar-refractivity contribution in [2.24, 2.45) is 0 Å². The fourth-order valence-corrected chi connectivity index (χ4v) is 2.65. The smallest absolute Gasteiger partial charge is 0.110 e. The lowest BCUT2D eigenvalue weighted by molar-refractivity contribution is 0.431. The van der Waals surface area contributed by atoms with Crippen LogP contribution in [0.4, 0.5) is 0 Å². The predicted molar refractivity (Wildman–Crippen MR) is 141 cm³/mol. The van der Waals surface area contributed by atoms with Gasteiger partial charge in [0.25, 0.3) is 0 Å². The van der Waals surface area contributed by atoms with E-state index in [2.05, 4.69) is 96.5 Å². The molecule has 0 aliphatic carbocycles. The van der Waals surface area contributed by atoms with E-state index < -0.39 is 0 Å². The Kier molecular flexibility index (Phi) is 19.8. The highest BCUT2D eigenvalue weighted by Crippen LogP contribution is 2.09. The number of rotatable bonds is 6. The van der Waals surface area contributed by atoms with Crippen molar-refractivity contribution in [2.45, 2.75) is 67.2 Å². The average Bonchev–Trinajstić information content (AvgIpc) is 2.81. The highest BCUT2D eigenvalue weighted by Gasteiger charge is 1.94. The maximum Gasteiger partial charge on any atom is 0.110 e. The summed E-state index contributed by atoms with van der Waals surface area (Å²) in [5, 5.41) is 8.91. The van der Waals surface area contributed by atoms with Crippen LogP contribution in [-0.4, -0.2) is 5.11 Å². The third kappa shape index (κ3) is 15.5. The van der Waals surface area contributed by atoms with E-state index in [1.54, 1.807) is 19.1 Å². The highest BCUT2D eigenvalue weighted by atomic mass is 16.3. The molecular weight excluding hydrogens is 376 g/mol. The Bertz CT molecular complexity index is 783. The molecule has 1 N–H and O–H groups in total. The molecular formula is C30H42O. The summed E-state index contributed by atoms with van der Waals surface area (Å²) >= 11 is 0. The molecule has 0 bridgehead atoms. The Morgan fingerprint density at radius 3 is 1.84 bits per heavy atom. The van der Waals surface area contributed by atoms with E-state index in [-0.39, 0.29) is 0 Å². The molecule has 0 amide bonds. The van der Waals surface area contributed by atoms with Gasteiger partial charge < -0.3 is 5.11 Å². The quantitative estimate of drug-likeness (QED) is 0.164. The van der Waals surface area contributed by atoms with Crippen LogP contribution in [0.2, 0.25) is 0 Å². The zero-order chi connectivity index (χ0) is 24.1. The normalized spacial score (nSPS) is 10.0. The average molecular weight is 419 g/mol. The number of allylic oxidation sites excluding steroid dienone is 4. The van der Waals surface area contributed by atoms with Crippen molar-refractivity contribution in [3.05, 3.63) is 107 Å². The summed E-state index contributed by atoms with van der Waals surface area (Å²) in [6.45, 7) is 16.2. The van der Waals surface area contributed by atoms with Crippen LogP contribution in [0.25, 0.3) is 0 Å². The van der Waals surface area contributed by atoms with Gasteiger partial charge in [0, 0.05) is 0 Å². The second-order valence-electron chi connectivity index (χ2n) is 7.05. The largest absolute Gasteiger partial charge is 0.508 e. The van der Waals surface area contributed by atoms with Crippen molar-refractivity contribution in [3.8, 4) is 12.8 Å². The molecule has 0 spiro atoms. The number of terminal acetylenes is 1. The predicted octanol–water partition coefficient (Wildman–Crippen LogP) is 8.64. The first-order valence-corrected chi connectivity index (χ1v) is 11.0. The van der Waals surface area contributed by atoms with Crippen LogP contribution in [0.15, 0.2) is 79.1 Å². The first-order valence-electron chi connectivity index (χ1n) is 11.0. The van der Waals surface area contributed by atoms with E-state index in [1.165, 1.54) is 27.8 Å². The van der Waals surface area contributed by atoms with Crippen LogP contribution in [0, 0.1) is 33.6 Å². The first-order chi connectivity index (χ1) is 14.9. The van der Waals surface area contributed by atoms with Gasteiger partial charge in [0.1, 0.15) is 5.76 Å². The summed E-state index contributed by atoms with van der Waals surface area (Å²) in [6.07, 6.45) is 19.4. The summed E-state index contributed by atoms with van der Waals surface area (Å²) in [4.78, 5) is 0. The van der Waals surface area contributed by atoms with Crippen LogP contribution in [0.1, 0.15) is 61.4 Å². The molecule has 0 aromatic heterocycles. The second kappa shape index (κ2) is 20.3. The monoisotopic (exact) mass is 418 g/mol. The van der Waals surface area contributed by atoms with Crippen molar-refractivity contribution >= 4 is 0 Å². The van der Waals surface area contributed by atoms with Gasteiger partial charge in [-0.3, -0.25) is 0 Å². The van der Waals surface area contributed by atoms with Gasteiger partial charge in [-0.25, -0.2) is 0 Å². The maximum absolute atomic E-state index is 8.91. The molecule has 1 nitrogen and oxygen atoms in total. The number of benzene rings is 2. The van der Waals surface area contributed by atoms with Gasteiger partial charge in [-0.05, 0) is 87.8 Å². The molecule has 0 atom stereocenters. The Hall–Kier alpha value is -2.98. The van der Waals surface area contributed by atoms with Crippen LogP contribution < -0.4 is 0 Å². The van der Waals surface area contributed by atoms with Crippen LogP contribution in [-0.2, 0) is 12.8 Å². The molecule has 168 valence electrons. The number of hydrogen-bond donors (Lipinski definition) is 1. The molecule has 0 saturated carbocycles. The van der Waals surface area contributed by atoms with Crippen molar-refractivity contribution in [2.75, 3.05) is 0 Å². The van der Waals surface area contributed by atoms with Gasteiger partial charge in [-0.15, -0.1) is 19.4 Å². The van der Waals surface area contributed by atoms with Gasteiger partial charge in [0.05, 0.1) is 0 Å². The molecule has 1 heteroatoms. The lowest BCUT2D eigenvalue weighted by Crippen LogP contribution is -1.88. The van der Waals surface area contributed by atoms with Crippen LogP contribution in [0.3, 0.4) is 0 Å². The molecule has 0 heterocycles. The fourth-order valence-electron chi connectivity index (χ4n) is 2.65. The van der Waals surface area contributed by atoms with Crippen molar-refractivity contribution in [3.63, 3.8) is 0 Å². The van der Waals surface area contributed by atoms with Gasteiger partial charge in [0.2, 0.25) is 0 Å². The summed E-state index contributed by atoms with van der Waals surface area (Å²) in [5.74, 6) is 0.323. The SMILES string of the molecule is C#C.C=CCC/C=C\C(O)=C/C.CCc1ccccc1CC.Cc1ccc(C)c(C)c1. The number of aliphatic hydroxyl groups is 1. The van der Waals surface area contributed by atoms with Crippen LogP contribution in [0.5, 0.6) is 0 Å². The Labute approximate surface area is 192 Å². The lowest BCUT2D eigenvalue weighted by Gasteiger charge is -2.02. The molecule has 2 rings (SSSR count). The molecule has 0 saturated heterocycles. The first kappa shape index (κ1) is 30.2. The van der Waals surface area contributed by atoms with E-state index >= 15 is 0 Å². The van der Waals surface area contributed by atoms with E-state index in [0.717, 1.165) is 25.7 Å². The van der Waals surface area contributed by atoms with E-state index in [4.69, 9.17) is 5.11 Å². The third-order valence-corrected chi connectivity index (χ3v) is 4.66. The Balaban J connectivity index is 0. The highest BCUT2D eigenvalue weighted by molar-refractivity contribution is 5.29. The minimum Gasteiger partial charge on any atom is -0.508 e. The van der Waals surface area contributed by atoms with E-state index in [9.17, 15) is 0 Å². The zero-order valence-corrected chi connectivity index (χ0v) is 20.5. The number of aryl methyl sites for hydroxylation is 5. The summed E-state index contributed by atoms with van der Waals surface area (Å²) in [7, 11) is 0. The molecule has 0 radical (unpaired) electrons. The molecule has 0 aliphatic rings. The maximum atomic E-state index is 8.91. The minimum absolute atomic E-state index is 0.323. The molecule has 0 fully saturated rings. The minimum atomic E-state index is 0.323. The van der Waals surface area contributed by atoms with Gasteiger partial charge in [-0.1, -0.05) is 74.0 Å². The van der Waals surface area contributed by atoms with Gasteiger partial charge in [0.15, 0.2) is 0 Å². The summed E-state index contributed by atoms with van der Waals surface area (Å²) in [6, 6.07) is 15.1. The zero-order valence-electron chi connectivity index (χ0n) is 20.5. The number of unbranched alkanes of at least 4 members (excludes halogenated alkanes) is 1. The lowest BCUT2D eigenvalue weighted by atomic mass is 10.0. The van der Waals surface area contributed by atoms with E-state index in [1.807, 2.05) is 12.2 Å². The van der Waals surface area contributed by atoms with Gasteiger partial charge >= 0.3 is 0 Å². The van der Waals surface area contributed by atoms with Crippen molar-refractivity contribution < 1.29 is 5.11 Å². The molecule has 31 heavy (non-hydrogen) atoms. The van der Waals surface area contributed by atoms with Crippen molar-refractivity contribution in [1.29, 1.82) is 0 Å². The topological polar surface area (TPSA) is 20.2 Å². The Morgan fingerprint density at radius 1 is 0.903 bits per heavy atom. The second-order valence-corrected chi connectivity index (χ2v) is 7.05.